The van der Waals surface area contributed by atoms with Crippen LogP contribution in [0.2, 0.25) is 0 Å². The van der Waals surface area contributed by atoms with Crippen molar-refractivity contribution in [1.29, 1.82) is 0 Å². The molecule has 2 bridgehead atoms. The quantitative estimate of drug-likeness (QED) is 0.794. The number of hydrogen-bond donors (Lipinski definition) is 0. The Bertz CT molecular complexity index is 741. The van der Waals surface area contributed by atoms with Crippen LogP contribution in [-0.4, -0.2) is 37.1 Å². The van der Waals surface area contributed by atoms with Crippen LogP contribution >= 0.6 is 0 Å². The normalized spacial score (nSPS) is 30.5. The monoisotopic (exact) mass is 309 g/mol. The van der Waals surface area contributed by atoms with Gasteiger partial charge in [-0.05, 0) is 42.6 Å². The van der Waals surface area contributed by atoms with Gasteiger partial charge >= 0.3 is 5.97 Å². The Kier molecular flexibility index (Phi) is 3.61. The molecule has 0 N–H and O–H groups in total. The van der Waals surface area contributed by atoms with Crippen LogP contribution in [0.15, 0.2) is 42.5 Å². The molecular formula is C20H23NO2. The van der Waals surface area contributed by atoms with Gasteiger partial charge in [-0.25, -0.2) is 0 Å². The highest BCUT2D eigenvalue weighted by atomic mass is 16.5. The summed E-state index contributed by atoms with van der Waals surface area (Å²) < 4.78 is 5.16. The van der Waals surface area contributed by atoms with Gasteiger partial charge in [-0.1, -0.05) is 42.5 Å². The van der Waals surface area contributed by atoms with Crippen molar-refractivity contribution in [3.8, 4) is 0 Å². The van der Waals surface area contributed by atoms with E-state index >= 15 is 0 Å². The van der Waals surface area contributed by atoms with Crippen molar-refractivity contribution in [3.63, 3.8) is 0 Å². The van der Waals surface area contributed by atoms with Crippen LogP contribution in [0.1, 0.15) is 30.7 Å². The third-order valence-electron chi connectivity index (χ3n) is 5.94. The summed E-state index contributed by atoms with van der Waals surface area (Å²) in [5.41, 5.74) is 1.28. The maximum atomic E-state index is 12.5. The fraction of sp³-hybridized carbons (Fsp3) is 0.450. The number of hydrogen-bond acceptors (Lipinski definition) is 3. The summed E-state index contributed by atoms with van der Waals surface area (Å²) >= 11 is 0. The molecule has 3 heteroatoms. The number of carbonyl (C=O) groups is 1. The number of piperidine rings is 1. The van der Waals surface area contributed by atoms with E-state index in [1.165, 1.54) is 29.9 Å². The number of rotatable bonds is 2. The zero-order chi connectivity index (χ0) is 16.0. The Balaban J connectivity index is 1.76. The van der Waals surface area contributed by atoms with Crippen LogP contribution in [0.3, 0.4) is 0 Å². The molecule has 0 radical (unpaired) electrons. The number of nitrogens with zero attached hydrogens (tertiary/aromatic N) is 1. The van der Waals surface area contributed by atoms with E-state index in [4.69, 9.17) is 4.74 Å². The molecule has 0 spiro atoms. The van der Waals surface area contributed by atoms with Crippen molar-refractivity contribution in [2.45, 2.75) is 37.3 Å². The van der Waals surface area contributed by atoms with Gasteiger partial charge in [0.2, 0.25) is 0 Å². The number of carbonyl (C=O) groups excluding carboxylic acids is 1. The van der Waals surface area contributed by atoms with Crippen LogP contribution in [0.4, 0.5) is 0 Å². The highest BCUT2D eigenvalue weighted by Gasteiger charge is 2.49. The smallest absolute Gasteiger partial charge is 0.310 e. The van der Waals surface area contributed by atoms with Gasteiger partial charge in [0.05, 0.1) is 13.0 Å². The predicted molar refractivity (Wildman–Crippen MR) is 91.4 cm³/mol. The number of esters is 1. The van der Waals surface area contributed by atoms with E-state index in [1.807, 2.05) is 0 Å². The second-order valence-electron chi connectivity index (χ2n) is 6.96. The lowest BCUT2D eigenvalue weighted by molar-refractivity contribution is -0.150. The highest BCUT2D eigenvalue weighted by molar-refractivity contribution is 5.83. The molecule has 120 valence electrons. The second-order valence-corrected chi connectivity index (χ2v) is 6.96. The van der Waals surface area contributed by atoms with E-state index in [-0.39, 0.29) is 17.8 Å². The minimum absolute atomic E-state index is 0.0510. The molecule has 23 heavy (non-hydrogen) atoms. The molecule has 2 aliphatic rings. The summed E-state index contributed by atoms with van der Waals surface area (Å²) in [5.74, 6) is 0.158. The first kappa shape index (κ1) is 14.7. The molecule has 4 rings (SSSR count). The summed E-state index contributed by atoms with van der Waals surface area (Å²) in [6.07, 6.45) is 3.34. The predicted octanol–water partition coefficient (Wildman–Crippen LogP) is 3.58. The first-order valence-corrected chi connectivity index (χ1v) is 8.47. The van der Waals surface area contributed by atoms with Crippen molar-refractivity contribution in [2.24, 2.45) is 5.92 Å². The molecule has 2 aromatic rings. The summed E-state index contributed by atoms with van der Waals surface area (Å²) in [6, 6.07) is 16.0. The molecule has 0 aromatic heterocycles. The number of benzene rings is 2. The SMILES string of the molecule is COC(=O)[C@@H]1[C@H]2CC[C@@H](C[C@H]1c1ccc3ccccc3c1)N2C. The van der Waals surface area contributed by atoms with Crippen molar-refractivity contribution in [2.75, 3.05) is 14.2 Å². The fourth-order valence-corrected chi connectivity index (χ4v) is 4.71. The lowest BCUT2D eigenvalue weighted by atomic mass is 9.76. The van der Waals surface area contributed by atoms with Crippen molar-refractivity contribution >= 4 is 16.7 Å². The maximum Gasteiger partial charge on any atom is 0.310 e. The molecule has 2 saturated heterocycles. The molecule has 3 nitrogen and oxygen atoms in total. The molecule has 0 aliphatic carbocycles. The number of ether oxygens (including phenoxy) is 1. The van der Waals surface area contributed by atoms with Gasteiger partial charge in [0, 0.05) is 18.0 Å². The largest absolute Gasteiger partial charge is 0.469 e. The second kappa shape index (κ2) is 5.64. The van der Waals surface area contributed by atoms with Crippen molar-refractivity contribution < 1.29 is 9.53 Å². The molecule has 4 atom stereocenters. The molecular weight excluding hydrogens is 286 g/mol. The average molecular weight is 309 g/mol. The summed E-state index contributed by atoms with van der Waals surface area (Å²) in [6.45, 7) is 0. The van der Waals surface area contributed by atoms with Gasteiger partial charge in [0.15, 0.2) is 0 Å². The first-order chi connectivity index (χ1) is 11.2. The molecule has 0 amide bonds. The van der Waals surface area contributed by atoms with Crippen LogP contribution in [0, 0.1) is 5.92 Å². The van der Waals surface area contributed by atoms with E-state index in [0.29, 0.717) is 12.1 Å². The van der Waals surface area contributed by atoms with Gasteiger partial charge in [0.1, 0.15) is 0 Å². The maximum absolute atomic E-state index is 12.5. The van der Waals surface area contributed by atoms with E-state index in [0.717, 1.165) is 12.8 Å². The van der Waals surface area contributed by atoms with Crippen LogP contribution < -0.4 is 0 Å². The Labute approximate surface area is 137 Å². The van der Waals surface area contributed by atoms with E-state index in [9.17, 15) is 4.79 Å². The number of methoxy groups -OCH3 is 1. The minimum atomic E-state index is -0.0552. The fourth-order valence-electron chi connectivity index (χ4n) is 4.71. The average Bonchev–Trinajstić information content (AvgIpc) is 2.83. The zero-order valence-electron chi connectivity index (χ0n) is 13.7. The summed E-state index contributed by atoms with van der Waals surface area (Å²) in [7, 11) is 3.68. The lowest BCUT2D eigenvalue weighted by Gasteiger charge is -2.41. The Hall–Kier alpha value is -1.87. The minimum Gasteiger partial charge on any atom is -0.469 e. The third-order valence-corrected chi connectivity index (χ3v) is 5.94. The molecule has 0 saturated carbocycles. The third kappa shape index (κ3) is 2.34. The van der Waals surface area contributed by atoms with Crippen LogP contribution in [-0.2, 0) is 9.53 Å². The molecule has 2 aliphatic heterocycles. The summed E-state index contributed by atoms with van der Waals surface area (Å²) in [5, 5.41) is 2.50. The molecule has 0 unspecified atom stereocenters. The van der Waals surface area contributed by atoms with Gasteiger partial charge in [-0.3, -0.25) is 9.69 Å². The van der Waals surface area contributed by atoms with Crippen molar-refractivity contribution in [1.82, 2.24) is 4.90 Å². The first-order valence-electron chi connectivity index (χ1n) is 8.47. The number of fused-ring (bicyclic) bond motifs is 3. The summed E-state index contributed by atoms with van der Waals surface area (Å²) in [4.78, 5) is 14.9. The van der Waals surface area contributed by atoms with E-state index in [2.05, 4.69) is 54.4 Å². The highest BCUT2D eigenvalue weighted by Crippen LogP contribution is 2.46. The van der Waals surface area contributed by atoms with Gasteiger partial charge < -0.3 is 4.74 Å². The van der Waals surface area contributed by atoms with Gasteiger partial charge in [-0.2, -0.15) is 0 Å². The molecule has 2 aromatic carbocycles. The van der Waals surface area contributed by atoms with E-state index < -0.39 is 0 Å². The Morgan fingerprint density at radius 2 is 1.91 bits per heavy atom. The Morgan fingerprint density at radius 3 is 2.70 bits per heavy atom. The van der Waals surface area contributed by atoms with E-state index in [1.54, 1.807) is 0 Å². The van der Waals surface area contributed by atoms with Gasteiger partial charge in [0.25, 0.3) is 0 Å². The topological polar surface area (TPSA) is 29.5 Å². The molecule has 2 heterocycles. The zero-order valence-corrected chi connectivity index (χ0v) is 13.7. The van der Waals surface area contributed by atoms with Gasteiger partial charge in [-0.15, -0.1) is 0 Å². The Morgan fingerprint density at radius 1 is 1.13 bits per heavy atom. The standard InChI is InChI=1S/C20H23NO2/c1-21-16-9-10-18(21)19(20(22)23-2)17(12-16)15-8-7-13-5-3-4-6-14(13)11-15/h3-8,11,16-19H,9-10,12H2,1-2H3/t16-,17-,18+,19-/m0/s1. The molecule has 2 fully saturated rings. The van der Waals surface area contributed by atoms with Crippen molar-refractivity contribution in [3.05, 3.63) is 48.0 Å². The van der Waals surface area contributed by atoms with Crippen LogP contribution in [0.5, 0.6) is 0 Å². The van der Waals surface area contributed by atoms with Crippen LogP contribution in [0.25, 0.3) is 10.8 Å². The lowest BCUT2D eigenvalue weighted by Crippen LogP contribution is -2.49.